The third kappa shape index (κ3) is 2.79. The summed E-state index contributed by atoms with van der Waals surface area (Å²) in [5, 5.41) is 5.41. The van der Waals surface area contributed by atoms with E-state index >= 15 is 0 Å². The molecule has 3 aromatic rings. The molecule has 3 rings (SSSR count). The van der Waals surface area contributed by atoms with E-state index in [0.29, 0.717) is 0 Å². The van der Waals surface area contributed by atoms with Gasteiger partial charge in [-0.1, -0.05) is 11.6 Å². The number of hydrogen-bond donors (Lipinski definition) is 2. The molecule has 0 spiro atoms. The van der Waals surface area contributed by atoms with Crippen LogP contribution in [-0.4, -0.2) is 16.2 Å². The molecule has 0 aliphatic carbocycles. The summed E-state index contributed by atoms with van der Waals surface area (Å²) in [6, 6.07) is 10.2. The van der Waals surface area contributed by atoms with Crippen LogP contribution in [0.25, 0.3) is 10.9 Å². The summed E-state index contributed by atoms with van der Waals surface area (Å²) in [7, 11) is 0. The Morgan fingerprint density at radius 2 is 2.00 bits per heavy atom. The van der Waals surface area contributed by atoms with Crippen molar-refractivity contribution >= 4 is 22.9 Å². The van der Waals surface area contributed by atoms with Gasteiger partial charge in [0, 0.05) is 11.6 Å². The minimum atomic E-state index is 0.759. The second kappa shape index (κ2) is 5.40. The van der Waals surface area contributed by atoms with Crippen LogP contribution in [0.4, 0.5) is 5.82 Å². The van der Waals surface area contributed by atoms with Gasteiger partial charge < -0.3 is 4.98 Å². The van der Waals surface area contributed by atoms with Crippen LogP contribution in [0, 0.1) is 20.8 Å². The summed E-state index contributed by atoms with van der Waals surface area (Å²) in [6.45, 7) is 6.30. The zero-order valence-electron chi connectivity index (χ0n) is 12.4. The number of aromatic nitrogens is 2. The molecule has 0 saturated carbocycles. The first kappa shape index (κ1) is 13.4. The second-order valence-electron chi connectivity index (χ2n) is 5.30. The van der Waals surface area contributed by atoms with Gasteiger partial charge in [0.05, 0.1) is 17.4 Å². The molecule has 4 nitrogen and oxygen atoms in total. The van der Waals surface area contributed by atoms with Gasteiger partial charge in [-0.25, -0.2) is 4.98 Å². The van der Waals surface area contributed by atoms with Crippen LogP contribution in [0.3, 0.4) is 0 Å². The Hall–Kier alpha value is -2.62. The van der Waals surface area contributed by atoms with Gasteiger partial charge in [-0.15, -0.1) is 0 Å². The van der Waals surface area contributed by atoms with Crippen molar-refractivity contribution in [1.82, 2.24) is 9.97 Å². The molecule has 0 bridgehead atoms. The Labute approximate surface area is 123 Å². The monoisotopic (exact) mass is 278 g/mol. The van der Waals surface area contributed by atoms with Gasteiger partial charge in [-0.3, -0.25) is 5.43 Å². The highest BCUT2D eigenvalue weighted by molar-refractivity contribution is 5.87. The van der Waals surface area contributed by atoms with Gasteiger partial charge in [0.2, 0.25) is 0 Å². The molecule has 21 heavy (non-hydrogen) atoms. The first-order valence-corrected chi connectivity index (χ1v) is 6.94. The van der Waals surface area contributed by atoms with E-state index in [0.717, 1.165) is 17.0 Å². The number of hydrogen-bond acceptors (Lipinski definition) is 3. The molecule has 1 aromatic carbocycles. The van der Waals surface area contributed by atoms with Crippen molar-refractivity contribution < 1.29 is 0 Å². The molecular formula is C17H18N4. The predicted molar refractivity (Wildman–Crippen MR) is 88.0 cm³/mol. The predicted octanol–water partition coefficient (Wildman–Crippen LogP) is 3.93. The van der Waals surface area contributed by atoms with E-state index in [1.807, 2.05) is 24.4 Å². The standard InChI is InChI=1S/C17H18N4/c1-11-7-13(3)17-15(8-11)12(2)9-16(20-17)21-19-10-14-5-4-6-18-14/h4-10,18H,1-3H3,(H,20,21)/b19-10+. The SMILES string of the molecule is Cc1cc(C)c2nc(N/N=C/c3ccc[nH]3)cc(C)c2c1. The van der Waals surface area contributed by atoms with Crippen molar-refractivity contribution in [2.75, 3.05) is 5.43 Å². The first-order chi connectivity index (χ1) is 10.1. The Bertz CT molecular complexity index is 801. The quantitative estimate of drug-likeness (QED) is 0.563. The molecule has 0 aliphatic heterocycles. The van der Waals surface area contributed by atoms with Gasteiger partial charge in [0.1, 0.15) is 5.82 Å². The Kier molecular flexibility index (Phi) is 3.44. The average Bonchev–Trinajstić information content (AvgIpc) is 2.93. The van der Waals surface area contributed by atoms with Crippen LogP contribution in [0.2, 0.25) is 0 Å². The molecule has 0 radical (unpaired) electrons. The van der Waals surface area contributed by atoms with Gasteiger partial charge >= 0.3 is 0 Å². The minimum absolute atomic E-state index is 0.759. The summed E-state index contributed by atoms with van der Waals surface area (Å²) in [5.41, 5.74) is 8.62. The molecule has 0 saturated heterocycles. The van der Waals surface area contributed by atoms with E-state index < -0.39 is 0 Å². The minimum Gasteiger partial charge on any atom is -0.360 e. The molecule has 0 fully saturated rings. The van der Waals surface area contributed by atoms with Crippen LogP contribution in [-0.2, 0) is 0 Å². The van der Waals surface area contributed by atoms with E-state index in [4.69, 9.17) is 0 Å². The fourth-order valence-electron chi connectivity index (χ4n) is 2.49. The summed E-state index contributed by atoms with van der Waals surface area (Å²) in [4.78, 5) is 7.73. The van der Waals surface area contributed by atoms with Crippen molar-refractivity contribution in [3.05, 3.63) is 58.9 Å². The Balaban J connectivity index is 1.93. The van der Waals surface area contributed by atoms with Gasteiger partial charge in [-0.2, -0.15) is 5.10 Å². The first-order valence-electron chi connectivity index (χ1n) is 6.94. The summed E-state index contributed by atoms with van der Waals surface area (Å²) >= 11 is 0. The number of pyridine rings is 1. The third-order valence-corrected chi connectivity index (χ3v) is 3.46. The number of fused-ring (bicyclic) bond motifs is 1. The normalized spacial score (nSPS) is 11.4. The number of nitrogens with one attached hydrogen (secondary N) is 2. The molecule has 4 heteroatoms. The molecule has 0 amide bonds. The van der Waals surface area contributed by atoms with E-state index in [2.05, 4.69) is 53.4 Å². The average molecular weight is 278 g/mol. The zero-order chi connectivity index (χ0) is 14.8. The van der Waals surface area contributed by atoms with Crippen molar-refractivity contribution in [1.29, 1.82) is 0 Å². The zero-order valence-corrected chi connectivity index (χ0v) is 12.4. The van der Waals surface area contributed by atoms with Crippen LogP contribution in [0.1, 0.15) is 22.4 Å². The fraction of sp³-hybridized carbons (Fsp3) is 0.176. The third-order valence-electron chi connectivity index (χ3n) is 3.46. The van der Waals surface area contributed by atoms with Gasteiger partial charge in [-0.05, 0) is 56.2 Å². The highest BCUT2D eigenvalue weighted by Crippen LogP contribution is 2.24. The molecule has 0 atom stereocenters. The van der Waals surface area contributed by atoms with E-state index in [1.54, 1.807) is 6.21 Å². The molecule has 0 aliphatic rings. The number of benzene rings is 1. The fourth-order valence-corrected chi connectivity index (χ4v) is 2.49. The lowest BCUT2D eigenvalue weighted by molar-refractivity contribution is 1.23. The largest absolute Gasteiger partial charge is 0.360 e. The Morgan fingerprint density at radius 1 is 1.14 bits per heavy atom. The molecule has 2 aromatic heterocycles. The number of hydrazone groups is 1. The second-order valence-corrected chi connectivity index (χ2v) is 5.30. The van der Waals surface area contributed by atoms with Crippen molar-refractivity contribution in [2.45, 2.75) is 20.8 Å². The van der Waals surface area contributed by atoms with E-state index in [-0.39, 0.29) is 0 Å². The molecule has 106 valence electrons. The number of rotatable bonds is 3. The number of H-pyrrole nitrogens is 1. The lowest BCUT2D eigenvalue weighted by Gasteiger charge is -2.09. The maximum Gasteiger partial charge on any atom is 0.147 e. The maximum absolute atomic E-state index is 4.66. The van der Waals surface area contributed by atoms with Crippen molar-refractivity contribution in [3.63, 3.8) is 0 Å². The molecular weight excluding hydrogens is 260 g/mol. The van der Waals surface area contributed by atoms with Crippen molar-refractivity contribution in [3.8, 4) is 0 Å². The topological polar surface area (TPSA) is 53.1 Å². The van der Waals surface area contributed by atoms with E-state index in [9.17, 15) is 0 Å². The maximum atomic E-state index is 4.66. The number of nitrogens with zero attached hydrogens (tertiary/aromatic N) is 2. The Morgan fingerprint density at radius 3 is 2.76 bits per heavy atom. The van der Waals surface area contributed by atoms with Crippen LogP contribution >= 0.6 is 0 Å². The van der Waals surface area contributed by atoms with Crippen LogP contribution < -0.4 is 5.43 Å². The van der Waals surface area contributed by atoms with Crippen LogP contribution in [0.15, 0.2) is 41.6 Å². The highest BCUT2D eigenvalue weighted by Gasteiger charge is 2.05. The van der Waals surface area contributed by atoms with Crippen LogP contribution in [0.5, 0.6) is 0 Å². The number of aromatic amines is 1. The lowest BCUT2D eigenvalue weighted by atomic mass is 10.0. The lowest BCUT2D eigenvalue weighted by Crippen LogP contribution is -1.97. The summed E-state index contributed by atoms with van der Waals surface area (Å²) in [5.74, 6) is 0.759. The summed E-state index contributed by atoms with van der Waals surface area (Å²) < 4.78 is 0. The molecule has 0 unspecified atom stereocenters. The smallest absolute Gasteiger partial charge is 0.147 e. The molecule has 2 N–H and O–H groups in total. The van der Waals surface area contributed by atoms with Gasteiger partial charge in [0.25, 0.3) is 0 Å². The number of anilines is 1. The van der Waals surface area contributed by atoms with Gasteiger partial charge in [0.15, 0.2) is 0 Å². The highest BCUT2D eigenvalue weighted by atomic mass is 15.3. The number of aryl methyl sites for hydroxylation is 3. The summed E-state index contributed by atoms with van der Waals surface area (Å²) in [6.07, 6.45) is 3.61. The van der Waals surface area contributed by atoms with E-state index in [1.165, 1.54) is 22.1 Å². The van der Waals surface area contributed by atoms with Crippen molar-refractivity contribution in [2.24, 2.45) is 5.10 Å². The molecule has 2 heterocycles.